The van der Waals surface area contributed by atoms with Crippen molar-refractivity contribution in [3.8, 4) is 5.69 Å². The van der Waals surface area contributed by atoms with Gasteiger partial charge in [-0.3, -0.25) is 4.79 Å². The molecule has 0 unspecified atom stereocenters. The second-order valence-corrected chi connectivity index (χ2v) is 7.01. The van der Waals surface area contributed by atoms with Gasteiger partial charge in [0.05, 0.1) is 5.69 Å². The van der Waals surface area contributed by atoms with Crippen molar-refractivity contribution >= 4 is 5.91 Å². The average molecular weight is 380 g/mol. The standard InChI is InChI=1S/C21H21FN4O2/c1-24-21(28)26(18-8-3-2-4-9-18)19(23-24)15-10-12-25(13-11-15)20(27)16-6-5-7-17(22)14-16/h2-9,14-15H,10-13H2,1H3. The van der Waals surface area contributed by atoms with E-state index in [1.165, 1.54) is 16.8 Å². The number of hydrogen-bond acceptors (Lipinski definition) is 3. The van der Waals surface area contributed by atoms with Crippen LogP contribution < -0.4 is 5.69 Å². The summed E-state index contributed by atoms with van der Waals surface area (Å²) in [6, 6.07) is 15.2. The van der Waals surface area contributed by atoms with Gasteiger partial charge in [-0.1, -0.05) is 24.3 Å². The Bertz CT molecular complexity index is 1050. The molecule has 1 aliphatic rings. The van der Waals surface area contributed by atoms with Gasteiger partial charge >= 0.3 is 5.69 Å². The van der Waals surface area contributed by atoms with Gasteiger partial charge in [0.2, 0.25) is 0 Å². The zero-order chi connectivity index (χ0) is 19.7. The number of halogens is 1. The van der Waals surface area contributed by atoms with Gasteiger partial charge in [-0.2, -0.15) is 5.10 Å². The van der Waals surface area contributed by atoms with Crippen LogP contribution in [0.4, 0.5) is 4.39 Å². The Hall–Kier alpha value is -3.22. The van der Waals surface area contributed by atoms with Crippen LogP contribution in [0.2, 0.25) is 0 Å². The molecule has 0 N–H and O–H groups in total. The topological polar surface area (TPSA) is 60.1 Å². The second kappa shape index (κ2) is 7.42. The summed E-state index contributed by atoms with van der Waals surface area (Å²) < 4.78 is 16.4. The molecule has 1 aromatic heterocycles. The molecule has 0 saturated carbocycles. The van der Waals surface area contributed by atoms with Crippen LogP contribution in [0.25, 0.3) is 5.69 Å². The molecule has 0 atom stereocenters. The van der Waals surface area contributed by atoms with Crippen molar-refractivity contribution in [2.75, 3.05) is 13.1 Å². The summed E-state index contributed by atoms with van der Waals surface area (Å²) in [5.74, 6) is 0.211. The van der Waals surface area contributed by atoms with Crippen molar-refractivity contribution in [2.45, 2.75) is 18.8 Å². The highest BCUT2D eigenvalue weighted by Crippen LogP contribution is 2.28. The van der Waals surface area contributed by atoms with E-state index in [4.69, 9.17) is 0 Å². The number of carbonyl (C=O) groups is 1. The molecule has 144 valence electrons. The van der Waals surface area contributed by atoms with E-state index in [2.05, 4.69) is 5.10 Å². The van der Waals surface area contributed by atoms with E-state index in [0.717, 1.165) is 11.5 Å². The van der Waals surface area contributed by atoms with E-state index in [0.29, 0.717) is 31.5 Å². The maximum atomic E-state index is 13.4. The number of rotatable bonds is 3. The van der Waals surface area contributed by atoms with E-state index in [1.807, 2.05) is 30.3 Å². The minimum atomic E-state index is -0.416. The molecule has 28 heavy (non-hydrogen) atoms. The molecule has 0 spiro atoms. The first-order valence-corrected chi connectivity index (χ1v) is 9.31. The third kappa shape index (κ3) is 3.35. The lowest BCUT2D eigenvalue weighted by atomic mass is 9.95. The van der Waals surface area contributed by atoms with Gasteiger partial charge in [-0.25, -0.2) is 18.4 Å². The SMILES string of the molecule is Cn1nc(C2CCN(C(=O)c3cccc(F)c3)CC2)n(-c2ccccc2)c1=O. The molecular weight excluding hydrogens is 359 g/mol. The molecule has 1 saturated heterocycles. The highest BCUT2D eigenvalue weighted by molar-refractivity contribution is 5.94. The van der Waals surface area contributed by atoms with Crippen LogP contribution in [-0.4, -0.2) is 38.2 Å². The predicted octanol–water partition coefficient (Wildman–Crippen LogP) is 2.73. The normalized spacial score (nSPS) is 15.0. The van der Waals surface area contributed by atoms with Crippen LogP contribution in [0, 0.1) is 5.82 Å². The molecule has 7 heteroatoms. The van der Waals surface area contributed by atoms with Crippen LogP contribution in [0.5, 0.6) is 0 Å². The molecule has 6 nitrogen and oxygen atoms in total. The van der Waals surface area contributed by atoms with Gasteiger partial charge in [0.1, 0.15) is 11.6 Å². The van der Waals surface area contributed by atoms with Gasteiger partial charge in [0.15, 0.2) is 0 Å². The molecule has 4 rings (SSSR count). The van der Waals surface area contributed by atoms with E-state index in [1.54, 1.807) is 28.6 Å². The fourth-order valence-electron chi connectivity index (χ4n) is 3.71. The zero-order valence-corrected chi connectivity index (χ0v) is 15.6. The second-order valence-electron chi connectivity index (χ2n) is 7.01. The smallest absolute Gasteiger partial charge is 0.339 e. The monoisotopic (exact) mass is 380 g/mol. The van der Waals surface area contributed by atoms with Gasteiger partial charge in [-0.15, -0.1) is 0 Å². The first-order chi connectivity index (χ1) is 13.5. The van der Waals surface area contributed by atoms with Crippen molar-refractivity contribution in [1.29, 1.82) is 0 Å². The highest BCUT2D eigenvalue weighted by atomic mass is 19.1. The Balaban J connectivity index is 1.54. The summed E-state index contributed by atoms with van der Waals surface area (Å²) >= 11 is 0. The number of amides is 1. The number of hydrogen-bond donors (Lipinski definition) is 0. The third-order valence-electron chi connectivity index (χ3n) is 5.18. The van der Waals surface area contributed by atoms with Gasteiger partial charge in [0.25, 0.3) is 5.91 Å². The van der Waals surface area contributed by atoms with E-state index in [9.17, 15) is 14.0 Å². The molecule has 0 radical (unpaired) electrons. The molecular formula is C21H21FN4O2. The molecule has 0 bridgehead atoms. The number of nitrogens with zero attached hydrogens (tertiary/aromatic N) is 4. The van der Waals surface area contributed by atoms with E-state index in [-0.39, 0.29) is 17.5 Å². The maximum Gasteiger partial charge on any atom is 0.350 e. The number of likely N-dealkylation sites (tertiary alicyclic amines) is 1. The fourth-order valence-corrected chi connectivity index (χ4v) is 3.71. The number of benzene rings is 2. The zero-order valence-electron chi connectivity index (χ0n) is 15.6. The number of carbonyl (C=O) groups excluding carboxylic acids is 1. The largest absolute Gasteiger partial charge is 0.350 e. The van der Waals surface area contributed by atoms with Gasteiger partial charge < -0.3 is 4.90 Å². The molecule has 1 fully saturated rings. The Morgan fingerprint density at radius 2 is 1.79 bits per heavy atom. The van der Waals surface area contributed by atoms with Crippen LogP contribution in [0.3, 0.4) is 0 Å². The Labute approximate surface area is 161 Å². The number of piperidine rings is 1. The summed E-state index contributed by atoms with van der Waals surface area (Å²) in [4.78, 5) is 26.9. The molecule has 3 aromatic rings. The molecule has 0 aliphatic carbocycles. The van der Waals surface area contributed by atoms with E-state index < -0.39 is 5.82 Å². The van der Waals surface area contributed by atoms with Crippen LogP contribution in [0.1, 0.15) is 34.9 Å². The Morgan fingerprint density at radius 1 is 1.07 bits per heavy atom. The summed E-state index contributed by atoms with van der Waals surface area (Å²) in [6.07, 6.45) is 1.40. The first kappa shape index (κ1) is 18.2. The van der Waals surface area contributed by atoms with Gasteiger partial charge in [0, 0.05) is 31.6 Å². The summed E-state index contributed by atoms with van der Waals surface area (Å²) in [5.41, 5.74) is 0.964. The third-order valence-corrected chi connectivity index (χ3v) is 5.18. The maximum absolute atomic E-state index is 13.4. The fraction of sp³-hybridized carbons (Fsp3) is 0.286. The minimum Gasteiger partial charge on any atom is -0.339 e. The highest BCUT2D eigenvalue weighted by Gasteiger charge is 2.29. The minimum absolute atomic E-state index is 0.0747. The summed E-state index contributed by atoms with van der Waals surface area (Å²) in [5, 5.41) is 4.46. The van der Waals surface area contributed by atoms with Crippen LogP contribution in [-0.2, 0) is 7.05 Å². The number of aromatic nitrogens is 3. The summed E-state index contributed by atoms with van der Waals surface area (Å²) in [6.45, 7) is 1.08. The average Bonchev–Trinajstić information content (AvgIpc) is 3.03. The van der Waals surface area contributed by atoms with Crippen molar-refractivity contribution in [3.05, 3.63) is 82.3 Å². The Kier molecular flexibility index (Phi) is 4.81. The lowest BCUT2D eigenvalue weighted by Crippen LogP contribution is -2.38. The van der Waals surface area contributed by atoms with Crippen molar-refractivity contribution in [2.24, 2.45) is 7.05 Å². The van der Waals surface area contributed by atoms with Crippen LogP contribution >= 0.6 is 0 Å². The quantitative estimate of drug-likeness (QED) is 0.702. The molecule has 2 aromatic carbocycles. The van der Waals surface area contributed by atoms with E-state index >= 15 is 0 Å². The van der Waals surface area contributed by atoms with Crippen molar-refractivity contribution in [3.63, 3.8) is 0 Å². The van der Waals surface area contributed by atoms with Gasteiger partial charge in [-0.05, 0) is 43.2 Å². The molecule has 1 amide bonds. The predicted molar refractivity (Wildman–Crippen MR) is 103 cm³/mol. The first-order valence-electron chi connectivity index (χ1n) is 9.31. The van der Waals surface area contributed by atoms with Crippen molar-refractivity contribution < 1.29 is 9.18 Å². The number of aryl methyl sites for hydroxylation is 1. The lowest BCUT2D eigenvalue weighted by molar-refractivity contribution is 0.0710. The Morgan fingerprint density at radius 3 is 2.46 bits per heavy atom. The van der Waals surface area contributed by atoms with Crippen LogP contribution in [0.15, 0.2) is 59.4 Å². The lowest BCUT2D eigenvalue weighted by Gasteiger charge is -2.31. The molecule has 1 aliphatic heterocycles. The number of para-hydroxylation sites is 1. The molecule has 2 heterocycles. The summed E-state index contributed by atoms with van der Waals surface area (Å²) in [7, 11) is 1.65. The van der Waals surface area contributed by atoms with Crippen molar-refractivity contribution in [1.82, 2.24) is 19.2 Å².